The number of carbonyl (C=O) groups is 1. The molecule has 0 atom stereocenters. The highest BCUT2D eigenvalue weighted by Gasteiger charge is 2.27. The van der Waals surface area contributed by atoms with E-state index in [9.17, 15) is 13.2 Å². The van der Waals surface area contributed by atoms with Gasteiger partial charge in [-0.3, -0.25) is 15.1 Å². The number of aryl methyl sites for hydroxylation is 1. The third-order valence-electron chi connectivity index (χ3n) is 5.17. The molecule has 1 aliphatic heterocycles. The van der Waals surface area contributed by atoms with Gasteiger partial charge < -0.3 is 0 Å². The first kappa shape index (κ1) is 21.1. The first-order valence-electron chi connectivity index (χ1n) is 10.0. The summed E-state index contributed by atoms with van der Waals surface area (Å²) in [6.07, 6.45) is 3.46. The SMILES string of the molecule is Cc1nc(-c2ccccn2)sc1C(=O)Nc1nc2ccc(S(=O)(=O)N3CCCC3)cc2s1. The maximum atomic E-state index is 12.9. The van der Waals surface area contributed by atoms with E-state index in [0.29, 0.717) is 49.7 Å². The van der Waals surface area contributed by atoms with Gasteiger partial charge in [0.15, 0.2) is 5.13 Å². The molecule has 0 spiro atoms. The van der Waals surface area contributed by atoms with Crippen molar-refractivity contribution in [1.29, 1.82) is 0 Å². The Balaban J connectivity index is 1.39. The Morgan fingerprint density at radius 1 is 1.09 bits per heavy atom. The number of hydrogen-bond acceptors (Lipinski definition) is 8. The number of nitrogens with zero attached hydrogens (tertiary/aromatic N) is 4. The van der Waals surface area contributed by atoms with E-state index in [-0.39, 0.29) is 10.8 Å². The predicted octanol–water partition coefficient (Wildman–Crippen LogP) is 4.16. The van der Waals surface area contributed by atoms with E-state index in [1.54, 1.807) is 31.3 Å². The lowest BCUT2D eigenvalue weighted by molar-refractivity contribution is 0.103. The molecular weight excluding hydrogens is 466 g/mol. The number of amides is 1. The summed E-state index contributed by atoms with van der Waals surface area (Å²) in [7, 11) is -3.50. The van der Waals surface area contributed by atoms with Gasteiger partial charge in [-0.2, -0.15) is 4.31 Å². The highest BCUT2D eigenvalue weighted by Crippen LogP contribution is 2.32. The van der Waals surface area contributed by atoms with Crippen LogP contribution < -0.4 is 5.32 Å². The number of hydrogen-bond donors (Lipinski definition) is 1. The lowest BCUT2D eigenvalue weighted by atomic mass is 10.3. The van der Waals surface area contributed by atoms with Crippen LogP contribution in [-0.4, -0.2) is 46.7 Å². The van der Waals surface area contributed by atoms with Gasteiger partial charge >= 0.3 is 0 Å². The van der Waals surface area contributed by atoms with Crippen molar-refractivity contribution in [3.8, 4) is 10.7 Å². The molecule has 1 fully saturated rings. The van der Waals surface area contributed by atoms with E-state index in [2.05, 4.69) is 20.3 Å². The van der Waals surface area contributed by atoms with Crippen LogP contribution in [0.3, 0.4) is 0 Å². The number of thiazole rings is 2. The highest BCUT2D eigenvalue weighted by molar-refractivity contribution is 7.89. The first-order chi connectivity index (χ1) is 15.4. The number of anilines is 1. The molecule has 1 amide bonds. The number of pyridine rings is 1. The quantitative estimate of drug-likeness (QED) is 0.455. The Morgan fingerprint density at radius 3 is 2.66 bits per heavy atom. The lowest BCUT2D eigenvalue weighted by Crippen LogP contribution is -2.27. The van der Waals surface area contributed by atoms with Gasteiger partial charge in [0.25, 0.3) is 5.91 Å². The number of nitrogens with one attached hydrogen (secondary N) is 1. The molecule has 0 aliphatic carbocycles. The summed E-state index contributed by atoms with van der Waals surface area (Å²) < 4.78 is 27.9. The molecule has 0 unspecified atom stereocenters. The van der Waals surface area contributed by atoms with E-state index in [0.717, 1.165) is 12.8 Å². The molecule has 11 heteroatoms. The minimum Gasteiger partial charge on any atom is -0.297 e. The first-order valence-corrected chi connectivity index (χ1v) is 13.1. The van der Waals surface area contributed by atoms with E-state index >= 15 is 0 Å². The maximum Gasteiger partial charge on any atom is 0.269 e. The zero-order valence-corrected chi connectivity index (χ0v) is 19.6. The Labute approximate surface area is 193 Å². The molecular formula is C21H19N5O3S3. The van der Waals surface area contributed by atoms with Crippen molar-refractivity contribution in [3.63, 3.8) is 0 Å². The third kappa shape index (κ3) is 3.92. The average molecular weight is 486 g/mol. The zero-order chi connectivity index (χ0) is 22.3. The lowest BCUT2D eigenvalue weighted by Gasteiger charge is -2.15. The van der Waals surface area contributed by atoms with Crippen molar-refractivity contribution in [2.24, 2.45) is 0 Å². The molecule has 0 saturated carbocycles. The number of fused-ring (bicyclic) bond motifs is 1. The Bertz CT molecular complexity index is 1410. The van der Waals surface area contributed by atoms with Gasteiger partial charge in [0.2, 0.25) is 10.0 Å². The number of benzene rings is 1. The van der Waals surface area contributed by atoms with Crippen LogP contribution >= 0.6 is 22.7 Å². The summed E-state index contributed by atoms with van der Waals surface area (Å²) in [5, 5.41) is 3.91. The van der Waals surface area contributed by atoms with Gasteiger partial charge in [-0.25, -0.2) is 18.4 Å². The highest BCUT2D eigenvalue weighted by atomic mass is 32.2. The smallest absolute Gasteiger partial charge is 0.269 e. The minimum absolute atomic E-state index is 0.256. The molecule has 3 aromatic heterocycles. The fourth-order valence-electron chi connectivity index (χ4n) is 3.56. The second kappa shape index (κ2) is 8.32. The largest absolute Gasteiger partial charge is 0.297 e. The maximum absolute atomic E-state index is 12.9. The van der Waals surface area contributed by atoms with Gasteiger partial charge in [-0.15, -0.1) is 11.3 Å². The average Bonchev–Trinajstić information content (AvgIpc) is 3.53. The molecule has 32 heavy (non-hydrogen) atoms. The molecule has 164 valence electrons. The molecule has 1 saturated heterocycles. The van der Waals surface area contributed by atoms with Crippen LogP contribution in [0.4, 0.5) is 5.13 Å². The summed E-state index contributed by atoms with van der Waals surface area (Å²) in [6, 6.07) is 10.4. The van der Waals surface area contributed by atoms with Crippen LogP contribution in [0.5, 0.6) is 0 Å². The second-order valence-corrected chi connectivity index (χ2v) is 11.3. The van der Waals surface area contributed by atoms with Crippen LogP contribution in [0.2, 0.25) is 0 Å². The van der Waals surface area contributed by atoms with Crippen molar-refractivity contribution < 1.29 is 13.2 Å². The van der Waals surface area contributed by atoms with Crippen molar-refractivity contribution in [1.82, 2.24) is 19.3 Å². The molecule has 4 heterocycles. The normalized spacial score (nSPS) is 14.8. The van der Waals surface area contributed by atoms with Crippen LogP contribution in [0, 0.1) is 6.92 Å². The van der Waals surface area contributed by atoms with E-state index < -0.39 is 10.0 Å². The number of sulfonamides is 1. The fourth-order valence-corrected chi connectivity index (χ4v) is 7.01. The minimum atomic E-state index is -3.50. The standard InChI is InChI=1S/C21H19N5O3S3/c1-13-18(31-20(23-13)16-6-2-3-9-22-16)19(27)25-21-24-15-8-7-14(12-17(15)30-21)32(28,29)26-10-4-5-11-26/h2-3,6-9,12H,4-5,10-11H2,1H3,(H,24,25,27). The molecule has 5 rings (SSSR count). The molecule has 1 N–H and O–H groups in total. The summed E-state index contributed by atoms with van der Waals surface area (Å²) in [6.45, 7) is 2.89. The number of carbonyl (C=O) groups excluding carboxylic acids is 1. The van der Waals surface area contributed by atoms with Crippen molar-refractivity contribution in [2.75, 3.05) is 18.4 Å². The van der Waals surface area contributed by atoms with Crippen LogP contribution in [-0.2, 0) is 10.0 Å². The van der Waals surface area contributed by atoms with Gasteiger partial charge in [-0.05, 0) is 50.1 Å². The van der Waals surface area contributed by atoms with Gasteiger partial charge in [0.1, 0.15) is 9.88 Å². The van der Waals surface area contributed by atoms with Crippen LogP contribution in [0.25, 0.3) is 20.9 Å². The summed E-state index contributed by atoms with van der Waals surface area (Å²) in [4.78, 5) is 26.8. The van der Waals surface area contributed by atoms with E-state index in [1.807, 2.05) is 18.2 Å². The van der Waals surface area contributed by atoms with Gasteiger partial charge in [0, 0.05) is 19.3 Å². The van der Waals surface area contributed by atoms with E-state index in [4.69, 9.17) is 0 Å². The molecule has 4 aromatic rings. The van der Waals surface area contributed by atoms with Crippen molar-refractivity contribution in [3.05, 3.63) is 53.2 Å². The van der Waals surface area contributed by atoms with Crippen LogP contribution in [0.1, 0.15) is 28.2 Å². The van der Waals surface area contributed by atoms with Crippen molar-refractivity contribution in [2.45, 2.75) is 24.7 Å². The van der Waals surface area contributed by atoms with E-state index in [1.165, 1.54) is 27.0 Å². The van der Waals surface area contributed by atoms with Crippen molar-refractivity contribution >= 4 is 54.0 Å². The Kier molecular flexibility index (Phi) is 5.49. The molecule has 0 bridgehead atoms. The third-order valence-corrected chi connectivity index (χ3v) is 9.18. The molecule has 8 nitrogen and oxygen atoms in total. The summed E-state index contributed by atoms with van der Waals surface area (Å²) in [5.41, 5.74) is 1.97. The summed E-state index contributed by atoms with van der Waals surface area (Å²) in [5.74, 6) is -0.300. The fraction of sp³-hybridized carbons (Fsp3) is 0.238. The number of rotatable bonds is 5. The zero-order valence-electron chi connectivity index (χ0n) is 17.1. The molecule has 1 aliphatic rings. The monoisotopic (exact) mass is 485 g/mol. The Morgan fingerprint density at radius 2 is 1.91 bits per heavy atom. The second-order valence-electron chi connectivity index (χ2n) is 7.36. The topological polar surface area (TPSA) is 105 Å². The Hall–Kier alpha value is -2.73. The van der Waals surface area contributed by atoms with Gasteiger partial charge in [-0.1, -0.05) is 17.4 Å². The molecule has 1 aromatic carbocycles. The molecule has 0 radical (unpaired) electrons. The van der Waals surface area contributed by atoms with Gasteiger partial charge in [0.05, 0.1) is 26.5 Å². The van der Waals surface area contributed by atoms with Crippen LogP contribution in [0.15, 0.2) is 47.5 Å². The number of aromatic nitrogens is 3. The predicted molar refractivity (Wildman–Crippen MR) is 126 cm³/mol. The summed E-state index contributed by atoms with van der Waals surface area (Å²) >= 11 is 2.52.